The Bertz CT molecular complexity index is 708. The second kappa shape index (κ2) is 5.84. The summed E-state index contributed by atoms with van der Waals surface area (Å²) in [5.74, 6) is -0.121. The first kappa shape index (κ1) is 15.8. The van der Waals surface area contributed by atoms with Crippen LogP contribution >= 0.6 is 15.9 Å². The zero-order valence-corrected chi connectivity index (χ0v) is 14.2. The maximum Gasteiger partial charge on any atom is 0.250 e. The molecule has 1 heterocycles. The number of rotatable bonds is 2. The van der Waals surface area contributed by atoms with Gasteiger partial charge < -0.3 is 17.2 Å². The molecule has 0 atom stereocenters. The summed E-state index contributed by atoms with van der Waals surface area (Å²) in [6.45, 7) is 0. The van der Waals surface area contributed by atoms with Crippen LogP contribution in [0.1, 0.15) is 42.5 Å². The lowest BCUT2D eigenvalue weighted by molar-refractivity contribution is 0.100. The first-order valence-corrected chi connectivity index (χ1v) is 8.32. The highest BCUT2D eigenvalue weighted by Crippen LogP contribution is 2.43. The number of guanidine groups is 2. The first-order chi connectivity index (χ1) is 10.9. The number of carbonyl (C=O) groups excluding carboxylic acids is 1. The van der Waals surface area contributed by atoms with Gasteiger partial charge in [0.15, 0.2) is 0 Å². The van der Waals surface area contributed by atoms with Crippen molar-refractivity contribution in [3.63, 3.8) is 0 Å². The van der Waals surface area contributed by atoms with Crippen LogP contribution in [0.2, 0.25) is 0 Å². The maximum absolute atomic E-state index is 11.9. The van der Waals surface area contributed by atoms with Crippen LogP contribution in [-0.2, 0) is 0 Å². The maximum atomic E-state index is 11.9. The Hall–Kier alpha value is -2.09. The smallest absolute Gasteiger partial charge is 0.250 e. The van der Waals surface area contributed by atoms with Crippen molar-refractivity contribution in [3.05, 3.63) is 28.2 Å². The van der Waals surface area contributed by atoms with Gasteiger partial charge in [0.25, 0.3) is 5.91 Å². The Labute approximate surface area is 142 Å². The van der Waals surface area contributed by atoms with Crippen LogP contribution < -0.4 is 22.1 Å². The van der Waals surface area contributed by atoms with Crippen molar-refractivity contribution in [1.29, 1.82) is 0 Å². The highest BCUT2D eigenvalue weighted by atomic mass is 79.9. The second-order valence-electron chi connectivity index (χ2n) is 5.82. The topological polar surface area (TPSA) is 123 Å². The first-order valence-electron chi connectivity index (χ1n) is 7.53. The van der Waals surface area contributed by atoms with Crippen molar-refractivity contribution < 1.29 is 4.79 Å². The van der Waals surface area contributed by atoms with Gasteiger partial charge in [-0.3, -0.25) is 9.69 Å². The summed E-state index contributed by atoms with van der Waals surface area (Å²) in [6.07, 6.45) is 4.75. The van der Waals surface area contributed by atoms with E-state index in [1.165, 1.54) is 0 Å². The molecule has 0 bridgehead atoms. The molecule has 0 radical (unpaired) electrons. The Balaban J connectivity index is 2.21. The molecule has 7 nitrogen and oxygen atoms in total. The number of amides is 1. The molecule has 6 N–H and O–H groups in total. The van der Waals surface area contributed by atoms with Gasteiger partial charge in [0, 0.05) is 4.47 Å². The van der Waals surface area contributed by atoms with E-state index in [9.17, 15) is 4.79 Å². The van der Waals surface area contributed by atoms with E-state index in [0.29, 0.717) is 15.7 Å². The van der Waals surface area contributed by atoms with Crippen LogP contribution in [0.4, 0.5) is 5.69 Å². The van der Waals surface area contributed by atoms with Crippen LogP contribution in [0.3, 0.4) is 0 Å². The molecule has 1 aliphatic heterocycles. The van der Waals surface area contributed by atoms with Gasteiger partial charge in [-0.25, -0.2) is 4.99 Å². The molecule has 8 heteroatoms. The van der Waals surface area contributed by atoms with Crippen molar-refractivity contribution >= 4 is 39.4 Å². The van der Waals surface area contributed by atoms with Crippen LogP contribution in [0.15, 0.2) is 32.7 Å². The number of hydrogen-bond acceptors (Lipinski definition) is 6. The van der Waals surface area contributed by atoms with Crippen molar-refractivity contribution in [1.82, 2.24) is 0 Å². The summed E-state index contributed by atoms with van der Waals surface area (Å²) in [6, 6.07) is 5.28. The molecule has 1 saturated carbocycles. The molecule has 0 aromatic heterocycles. The highest BCUT2D eigenvalue weighted by Gasteiger charge is 2.44. The molecular formula is C15H19BrN6O. The molecule has 3 rings (SSSR count). The van der Waals surface area contributed by atoms with Gasteiger partial charge in [0.05, 0.1) is 11.3 Å². The predicted octanol–water partition coefficient (Wildman–Crippen LogP) is 1.66. The monoisotopic (exact) mass is 378 g/mol. The summed E-state index contributed by atoms with van der Waals surface area (Å²) in [5, 5.41) is 0. The Morgan fingerprint density at radius 3 is 2.57 bits per heavy atom. The van der Waals surface area contributed by atoms with Gasteiger partial charge in [-0.15, -0.1) is 0 Å². The number of para-hydroxylation sites is 1. The Morgan fingerprint density at radius 2 is 1.91 bits per heavy atom. The van der Waals surface area contributed by atoms with Crippen molar-refractivity contribution in [2.75, 3.05) is 4.90 Å². The quantitative estimate of drug-likeness (QED) is 0.723. The molecule has 1 aromatic rings. The number of nitrogens with two attached hydrogens (primary N) is 3. The van der Waals surface area contributed by atoms with E-state index in [1.54, 1.807) is 12.1 Å². The fourth-order valence-electron chi connectivity index (χ4n) is 3.39. The number of anilines is 1. The standard InChI is InChI=1S/C15H19BrN6O/c16-10-6-4-5-9(12(17)23)11(10)22-14(19)20-13(18)21-15(22)7-2-1-3-8-15/h4-6H,1-3,7-8H2,(H2,17,23)(H4,18,19,20,21). The minimum absolute atomic E-state index is 0.174. The molecule has 2 aliphatic rings. The Morgan fingerprint density at radius 1 is 1.22 bits per heavy atom. The average molecular weight is 379 g/mol. The van der Waals surface area contributed by atoms with Crippen LogP contribution in [0.25, 0.3) is 0 Å². The lowest BCUT2D eigenvalue weighted by Gasteiger charge is -2.46. The molecule has 0 saturated heterocycles. The SMILES string of the molecule is NC(=O)c1cccc(Br)c1N1C(N)=NC(N)=NC12CCCCC2. The molecule has 1 aromatic carbocycles. The van der Waals surface area contributed by atoms with Crippen LogP contribution in [0, 0.1) is 0 Å². The lowest BCUT2D eigenvalue weighted by Crippen LogP contribution is -2.58. The van der Waals surface area contributed by atoms with E-state index in [1.807, 2.05) is 11.0 Å². The van der Waals surface area contributed by atoms with E-state index in [0.717, 1.165) is 32.1 Å². The third-order valence-electron chi connectivity index (χ3n) is 4.33. The third kappa shape index (κ3) is 2.67. The Kier molecular flexibility index (Phi) is 4.01. The van der Waals surface area contributed by atoms with Crippen LogP contribution in [-0.4, -0.2) is 23.5 Å². The number of hydrogen-bond donors (Lipinski definition) is 3. The van der Waals surface area contributed by atoms with Gasteiger partial charge >= 0.3 is 0 Å². The molecule has 1 aliphatic carbocycles. The summed E-state index contributed by atoms with van der Waals surface area (Å²) >= 11 is 3.50. The molecule has 1 spiro atoms. The van der Waals surface area contributed by atoms with Crippen molar-refractivity contribution in [3.8, 4) is 0 Å². The molecule has 1 fully saturated rings. The number of benzene rings is 1. The number of carbonyl (C=O) groups is 1. The second-order valence-corrected chi connectivity index (χ2v) is 6.67. The zero-order valence-electron chi connectivity index (χ0n) is 12.6. The van der Waals surface area contributed by atoms with Crippen molar-refractivity contribution in [2.24, 2.45) is 27.2 Å². The molecule has 122 valence electrons. The number of primary amides is 1. The van der Waals surface area contributed by atoms with Gasteiger partial charge in [-0.1, -0.05) is 12.5 Å². The highest BCUT2D eigenvalue weighted by molar-refractivity contribution is 9.10. The summed E-state index contributed by atoms with van der Waals surface area (Å²) < 4.78 is 0.715. The van der Waals surface area contributed by atoms with E-state index in [2.05, 4.69) is 25.9 Å². The number of halogens is 1. The van der Waals surface area contributed by atoms with E-state index >= 15 is 0 Å². The third-order valence-corrected chi connectivity index (χ3v) is 4.97. The fraction of sp³-hybridized carbons (Fsp3) is 0.400. The summed E-state index contributed by atoms with van der Waals surface area (Å²) in [5.41, 5.74) is 18.0. The van der Waals surface area contributed by atoms with Gasteiger partial charge in [-0.05, 0) is 53.7 Å². The molecular weight excluding hydrogens is 360 g/mol. The lowest BCUT2D eigenvalue weighted by atomic mass is 9.87. The minimum Gasteiger partial charge on any atom is -0.369 e. The van der Waals surface area contributed by atoms with E-state index in [-0.39, 0.29) is 11.9 Å². The number of aliphatic imine (C=N–C) groups is 2. The van der Waals surface area contributed by atoms with E-state index in [4.69, 9.17) is 17.2 Å². The largest absolute Gasteiger partial charge is 0.369 e. The molecule has 23 heavy (non-hydrogen) atoms. The zero-order chi connectivity index (χ0) is 16.6. The number of nitrogens with zero attached hydrogens (tertiary/aromatic N) is 3. The van der Waals surface area contributed by atoms with Gasteiger partial charge in [-0.2, -0.15) is 4.99 Å². The normalized spacial score (nSPS) is 20.1. The molecule has 0 unspecified atom stereocenters. The fourth-order valence-corrected chi connectivity index (χ4v) is 3.93. The molecule has 1 amide bonds. The van der Waals surface area contributed by atoms with Gasteiger partial charge in [0.1, 0.15) is 5.66 Å². The minimum atomic E-state index is -0.609. The van der Waals surface area contributed by atoms with E-state index < -0.39 is 11.6 Å². The van der Waals surface area contributed by atoms with Gasteiger partial charge in [0.2, 0.25) is 11.9 Å². The van der Waals surface area contributed by atoms with Crippen LogP contribution in [0.5, 0.6) is 0 Å². The predicted molar refractivity (Wildman–Crippen MR) is 94.2 cm³/mol. The summed E-state index contributed by atoms with van der Waals surface area (Å²) in [7, 11) is 0. The van der Waals surface area contributed by atoms with Crippen molar-refractivity contribution in [2.45, 2.75) is 37.8 Å². The average Bonchev–Trinajstić information content (AvgIpc) is 2.48. The summed E-state index contributed by atoms with van der Waals surface area (Å²) in [4.78, 5) is 22.4.